The summed E-state index contributed by atoms with van der Waals surface area (Å²) < 4.78 is 9.04. The second-order valence-electron chi connectivity index (χ2n) is 13.2. The molecular weight excluding hydrogens is 574 g/mol. The maximum absolute atomic E-state index is 9.33. The van der Waals surface area contributed by atoms with Crippen molar-refractivity contribution in [3.05, 3.63) is 119 Å². The molecular formula is C43H49N3O. The Morgan fingerprint density at radius 2 is 1.30 bits per heavy atom. The molecule has 1 aliphatic rings. The van der Waals surface area contributed by atoms with Crippen molar-refractivity contribution in [2.75, 3.05) is 0 Å². The summed E-state index contributed by atoms with van der Waals surface area (Å²) in [5.41, 5.74) is 7.82. The zero-order chi connectivity index (χ0) is 33.2. The van der Waals surface area contributed by atoms with E-state index in [1.165, 1.54) is 47.9 Å². The van der Waals surface area contributed by atoms with Crippen molar-refractivity contribution in [1.29, 1.82) is 0 Å². The number of hydrogen-bond acceptors (Lipinski definition) is 1. The number of fused-ring (bicyclic) bond motifs is 2. The van der Waals surface area contributed by atoms with Gasteiger partial charge in [0.2, 0.25) is 5.70 Å². The molecule has 4 nitrogen and oxygen atoms in total. The molecule has 0 spiro atoms. The van der Waals surface area contributed by atoms with Gasteiger partial charge in [0.25, 0.3) is 0 Å². The Labute approximate surface area is 282 Å². The van der Waals surface area contributed by atoms with E-state index in [0.717, 1.165) is 73.6 Å². The average Bonchev–Trinajstić information content (AvgIpc) is 3.12. The lowest BCUT2D eigenvalue weighted by Crippen LogP contribution is -2.36. The summed E-state index contributed by atoms with van der Waals surface area (Å²) in [6, 6.07) is 25.7. The van der Waals surface area contributed by atoms with Crippen LogP contribution in [0.3, 0.4) is 0 Å². The van der Waals surface area contributed by atoms with Crippen LogP contribution in [0.5, 0.6) is 11.5 Å². The fourth-order valence-electron chi connectivity index (χ4n) is 7.19. The van der Waals surface area contributed by atoms with E-state index in [4.69, 9.17) is 11.3 Å². The van der Waals surface area contributed by atoms with E-state index in [2.05, 4.69) is 98.0 Å². The topological polar surface area (TPSA) is 39.8 Å². The minimum absolute atomic E-state index is 0.117. The first-order valence-electron chi connectivity index (χ1n) is 17.7. The fourth-order valence-corrected chi connectivity index (χ4v) is 7.19. The first-order valence-corrected chi connectivity index (χ1v) is 17.7. The van der Waals surface area contributed by atoms with Gasteiger partial charge in [-0.3, -0.25) is 5.87 Å². The maximum atomic E-state index is 9.33. The van der Waals surface area contributed by atoms with Gasteiger partial charge in [-0.05, 0) is 77.8 Å². The first-order chi connectivity index (χ1) is 23.0. The molecule has 2 heterocycles. The molecule has 5 rings (SSSR count). The minimum Gasteiger partial charge on any atom is -0.775 e. The van der Waals surface area contributed by atoms with Crippen LogP contribution in [0.1, 0.15) is 109 Å². The second-order valence-corrected chi connectivity index (χ2v) is 13.2. The van der Waals surface area contributed by atoms with Crippen LogP contribution in [-0.2, 0) is 12.0 Å². The summed E-state index contributed by atoms with van der Waals surface area (Å²) in [6.07, 6.45) is 16.2. The van der Waals surface area contributed by atoms with Gasteiger partial charge in [0.05, 0.1) is 6.57 Å². The Kier molecular flexibility index (Phi) is 11.5. The van der Waals surface area contributed by atoms with Gasteiger partial charge >= 0.3 is 0 Å². The summed E-state index contributed by atoms with van der Waals surface area (Å²) >= 11 is 0. The molecule has 0 N–H and O–H groups in total. The van der Waals surface area contributed by atoms with Gasteiger partial charge < -0.3 is 10.1 Å². The first kappa shape index (κ1) is 33.9. The Balaban J connectivity index is 1.55. The van der Waals surface area contributed by atoms with Crippen LogP contribution in [-0.4, -0.2) is 5.87 Å². The lowest BCUT2D eigenvalue weighted by atomic mass is 9.65. The summed E-state index contributed by atoms with van der Waals surface area (Å²) in [7, 11) is 0. The third-order valence-corrected chi connectivity index (χ3v) is 10.1. The van der Waals surface area contributed by atoms with Crippen LogP contribution < -0.4 is 9.30 Å². The van der Waals surface area contributed by atoms with Gasteiger partial charge in [-0.2, -0.15) is 0 Å². The molecule has 0 amide bonds. The van der Waals surface area contributed by atoms with Crippen molar-refractivity contribution in [1.82, 2.24) is 0 Å². The predicted molar refractivity (Wildman–Crippen MR) is 196 cm³/mol. The monoisotopic (exact) mass is 623 g/mol. The molecule has 0 saturated heterocycles. The van der Waals surface area contributed by atoms with Crippen LogP contribution in [0, 0.1) is 12.5 Å². The van der Waals surface area contributed by atoms with Crippen molar-refractivity contribution < 1.29 is 9.30 Å². The van der Waals surface area contributed by atoms with E-state index in [1.54, 1.807) is 0 Å². The molecule has 47 heavy (non-hydrogen) atoms. The van der Waals surface area contributed by atoms with Gasteiger partial charge in [-0.25, -0.2) is 9.41 Å². The number of aromatic nitrogens is 1. The Morgan fingerprint density at radius 3 is 1.79 bits per heavy atom. The smallest absolute Gasteiger partial charge is 0.212 e. The van der Waals surface area contributed by atoms with Crippen molar-refractivity contribution in [2.45, 2.75) is 104 Å². The molecule has 1 atom stereocenters. The van der Waals surface area contributed by atoms with Crippen LogP contribution in [0.15, 0.2) is 85.2 Å². The lowest BCUT2D eigenvalue weighted by Gasteiger charge is -2.41. The van der Waals surface area contributed by atoms with E-state index < -0.39 is 0 Å². The molecule has 0 fully saturated rings. The molecule has 242 valence electrons. The molecule has 4 aromatic rings. The third-order valence-electron chi connectivity index (χ3n) is 10.1. The SMILES string of the molecule is [C-]#[N+]C(=C=[N-])c1ccc(-c2ccc3c(c2)C(CCCC)(CCCC)c2cc(-c4cc[n+](CC(CC)CCCC)cc4)ccc2O3)cc1. The fraction of sp³-hybridized carbons (Fsp3) is 0.395. The van der Waals surface area contributed by atoms with Gasteiger partial charge in [-0.1, -0.05) is 103 Å². The van der Waals surface area contributed by atoms with Gasteiger partial charge in [0, 0.05) is 34.6 Å². The molecule has 0 aliphatic carbocycles. The lowest BCUT2D eigenvalue weighted by molar-refractivity contribution is -0.703. The second kappa shape index (κ2) is 15.9. The van der Waals surface area contributed by atoms with Gasteiger partial charge in [0.15, 0.2) is 18.9 Å². The van der Waals surface area contributed by atoms with Crippen LogP contribution in [0.2, 0.25) is 0 Å². The Hall–Kier alpha value is -4.45. The standard InChI is InChI=1S/C43H49N3O/c1-6-10-13-32(9-4)31-46-26-22-34(23-27-46)37-19-21-42-39(29-37)43(24-11-7-2,25-12-8-3)38-28-36(18-20-41(38)47-42)33-14-16-35(17-15-33)40(30-44)45-5/h14-23,26-29,32H,6-13,24-25,31H2,1-4H3. The van der Waals surface area contributed by atoms with E-state index in [1.807, 2.05) is 30.1 Å². The maximum Gasteiger partial charge on any atom is 0.212 e. The van der Waals surface area contributed by atoms with E-state index >= 15 is 0 Å². The molecule has 0 bridgehead atoms. The number of rotatable bonds is 15. The zero-order valence-electron chi connectivity index (χ0n) is 28.7. The molecule has 0 saturated carbocycles. The average molecular weight is 624 g/mol. The highest BCUT2D eigenvalue weighted by molar-refractivity contribution is 5.94. The summed E-state index contributed by atoms with van der Waals surface area (Å²) in [4.78, 5) is 3.38. The van der Waals surface area contributed by atoms with E-state index in [0.29, 0.717) is 5.56 Å². The number of nitrogens with zero attached hydrogens (tertiary/aromatic N) is 3. The largest absolute Gasteiger partial charge is 0.775 e. The van der Waals surface area contributed by atoms with Crippen molar-refractivity contribution in [3.8, 4) is 33.8 Å². The molecule has 1 aromatic heterocycles. The van der Waals surface area contributed by atoms with Gasteiger partial charge in [-0.15, -0.1) is 0 Å². The Morgan fingerprint density at radius 1 is 0.766 bits per heavy atom. The van der Waals surface area contributed by atoms with Gasteiger partial charge in [0.1, 0.15) is 11.5 Å². The van der Waals surface area contributed by atoms with Crippen molar-refractivity contribution >= 4 is 11.6 Å². The van der Waals surface area contributed by atoms with E-state index in [-0.39, 0.29) is 11.1 Å². The predicted octanol–water partition coefficient (Wildman–Crippen LogP) is 11.8. The molecule has 3 aromatic carbocycles. The molecule has 1 unspecified atom stereocenters. The van der Waals surface area contributed by atoms with Crippen LogP contribution in [0.4, 0.5) is 0 Å². The molecule has 0 radical (unpaired) electrons. The minimum atomic E-state index is -0.158. The summed E-state index contributed by atoms with van der Waals surface area (Å²) in [5.74, 6) is 4.64. The summed E-state index contributed by atoms with van der Waals surface area (Å²) in [6.45, 7) is 17.5. The number of unbranched alkanes of at least 4 members (excludes halogenated alkanes) is 3. The number of benzene rings is 3. The third kappa shape index (κ3) is 7.43. The highest BCUT2D eigenvalue weighted by Crippen LogP contribution is 2.54. The van der Waals surface area contributed by atoms with Crippen molar-refractivity contribution in [3.63, 3.8) is 0 Å². The Bertz CT molecular complexity index is 1730. The van der Waals surface area contributed by atoms with E-state index in [9.17, 15) is 5.41 Å². The number of ether oxygens (including phenoxy) is 1. The number of hydrogen-bond donors (Lipinski definition) is 0. The highest BCUT2D eigenvalue weighted by Gasteiger charge is 2.41. The van der Waals surface area contributed by atoms with Crippen molar-refractivity contribution in [2.24, 2.45) is 5.92 Å². The normalized spacial score (nSPS) is 13.4. The molecule has 4 heteroatoms. The summed E-state index contributed by atoms with van der Waals surface area (Å²) in [5, 5.41) is 9.33. The zero-order valence-corrected chi connectivity index (χ0v) is 28.7. The van der Waals surface area contributed by atoms with Crippen LogP contribution in [0.25, 0.3) is 38.2 Å². The quantitative estimate of drug-likeness (QED) is 0.0738. The van der Waals surface area contributed by atoms with Crippen LogP contribution >= 0.6 is 0 Å². The highest BCUT2D eigenvalue weighted by atomic mass is 16.5. The number of pyridine rings is 1. The molecule has 1 aliphatic heterocycles.